The second kappa shape index (κ2) is 3.18. The molecule has 0 unspecified atom stereocenters. The minimum Gasteiger partial charge on any atom is -0.481 e. The largest absolute Gasteiger partial charge is 0.481 e. The van der Waals surface area contributed by atoms with Gasteiger partial charge in [0.2, 0.25) is 0 Å². The number of hydrogen-bond donors (Lipinski definition) is 1. The van der Waals surface area contributed by atoms with E-state index in [1.807, 2.05) is 0 Å². The molecule has 0 fully saturated rings. The van der Waals surface area contributed by atoms with Crippen LogP contribution in [0.25, 0.3) is 0 Å². The van der Waals surface area contributed by atoms with Gasteiger partial charge in [0.25, 0.3) is 0 Å². The number of carbonyl (C=O) groups is 1. The van der Waals surface area contributed by atoms with Gasteiger partial charge in [-0.2, -0.15) is 0 Å². The molecule has 0 aromatic carbocycles. The highest BCUT2D eigenvalue weighted by Gasteiger charge is 2.10. The van der Waals surface area contributed by atoms with Crippen molar-refractivity contribution in [2.75, 3.05) is 0 Å². The summed E-state index contributed by atoms with van der Waals surface area (Å²) in [6.45, 7) is 2.15. The van der Waals surface area contributed by atoms with Crippen molar-refractivity contribution in [1.82, 2.24) is 9.55 Å². The number of nitrogens with zero attached hydrogens (tertiary/aromatic N) is 2. The molecule has 11 heavy (non-hydrogen) atoms. The molecule has 0 bridgehead atoms. The summed E-state index contributed by atoms with van der Waals surface area (Å²) >= 11 is 0. The standard InChI is InChI=1S/C7H10N2O2/c1-6(7(10)11)4-9-3-2-8-5-9/h2-3,5-6H,4H2,1H3,(H,10,11)/t6-/m0/s1. The zero-order chi connectivity index (χ0) is 8.27. The Morgan fingerprint density at radius 1 is 1.82 bits per heavy atom. The summed E-state index contributed by atoms with van der Waals surface area (Å²) < 4.78 is 1.75. The predicted molar refractivity (Wildman–Crippen MR) is 39.0 cm³/mol. The fourth-order valence-corrected chi connectivity index (χ4v) is 0.789. The van der Waals surface area contributed by atoms with Crippen LogP contribution in [-0.4, -0.2) is 20.6 Å². The lowest BCUT2D eigenvalue weighted by Crippen LogP contribution is -2.15. The normalized spacial score (nSPS) is 12.8. The molecule has 0 radical (unpaired) electrons. The Labute approximate surface area is 64.5 Å². The molecule has 0 amide bonds. The Balaban J connectivity index is 2.50. The van der Waals surface area contributed by atoms with E-state index in [0.29, 0.717) is 6.54 Å². The molecule has 1 heterocycles. The lowest BCUT2D eigenvalue weighted by Gasteiger charge is -2.05. The molecular formula is C7H10N2O2. The first-order valence-electron chi connectivity index (χ1n) is 3.38. The summed E-state index contributed by atoms with van der Waals surface area (Å²) in [4.78, 5) is 14.2. The predicted octanol–water partition coefficient (Wildman–Crippen LogP) is 0.604. The van der Waals surface area contributed by atoms with Gasteiger partial charge in [0.1, 0.15) is 0 Å². The summed E-state index contributed by atoms with van der Waals surface area (Å²) in [5.74, 6) is -1.14. The Morgan fingerprint density at radius 2 is 2.55 bits per heavy atom. The zero-order valence-corrected chi connectivity index (χ0v) is 6.27. The molecule has 0 saturated carbocycles. The third-order valence-corrected chi connectivity index (χ3v) is 1.47. The zero-order valence-electron chi connectivity index (χ0n) is 6.27. The summed E-state index contributed by atoms with van der Waals surface area (Å²) in [7, 11) is 0. The fourth-order valence-electron chi connectivity index (χ4n) is 0.789. The van der Waals surface area contributed by atoms with E-state index in [4.69, 9.17) is 5.11 Å². The molecule has 60 valence electrons. The van der Waals surface area contributed by atoms with Crippen LogP contribution in [-0.2, 0) is 11.3 Å². The Bertz CT molecular complexity index is 231. The maximum absolute atomic E-state index is 10.4. The van der Waals surface area contributed by atoms with E-state index < -0.39 is 5.97 Å². The Kier molecular flexibility index (Phi) is 2.25. The van der Waals surface area contributed by atoms with Crippen molar-refractivity contribution in [3.05, 3.63) is 18.7 Å². The first-order valence-corrected chi connectivity index (χ1v) is 3.38. The van der Waals surface area contributed by atoms with E-state index in [1.165, 1.54) is 0 Å². The number of aromatic nitrogens is 2. The molecule has 0 aliphatic heterocycles. The van der Waals surface area contributed by atoms with Gasteiger partial charge in [-0.1, -0.05) is 6.92 Å². The molecule has 1 N–H and O–H groups in total. The summed E-state index contributed by atoms with van der Waals surface area (Å²) in [6.07, 6.45) is 4.99. The van der Waals surface area contributed by atoms with Crippen LogP contribution in [0.1, 0.15) is 6.92 Å². The van der Waals surface area contributed by atoms with Crippen molar-refractivity contribution in [3.8, 4) is 0 Å². The van der Waals surface area contributed by atoms with Gasteiger partial charge in [-0.15, -0.1) is 0 Å². The molecule has 0 aliphatic rings. The number of imidazole rings is 1. The van der Waals surface area contributed by atoms with Gasteiger partial charge in [0.05, 0.1) is 12.2 Å². The van der Waals surface area contributed by atoms with Crippen LogP contribution < -0.4 is 0 Å². The van der Waals surface area contributed by atoms with Gasteiger partial charge >= 0.3 is 5.97 Å². The van der Waals surface area contributed by atoms with E-state index in [1.54, 1.807) is 30.2 Å². The highest BCUT2D eigenvalue weighted by molar-refractivity contribution is 5.69. The van der Waals surface area contributed by atoms with E-state index >= 15 is 0 Å². The summed E-state index contributed by atoms with van der Waals surface area (Å²) in [5.41, 5.74) is 0. The first-order chi connectivity index (χ1) is 5.20. The van der Waals surface area contributed by atoms with Crippen LogP contribution in [0, 0.1) is 5.92 Å². The minimum atomic E-state index is -0.779. The molecular weight excluding hydrogens is 144 g/mol. The molecule has 4 heteroatoms. The topological polar surface area (TPSA) is 55.1 Å². The van der Waals surface area contributed by atoms with Crippen molar-refractivity contribution in [2.45, 2.75) is 13.5 Å². The highest BCUT2D eigenvalue weighted by atomic mass is 16.4. The molecule has 4 nitrogen and oxygen atoms in total. The van der Waals surface area contributed by atoms with Gasteiger partial charge in [-0.05, 0) is 0 Å². The van der Waals surface area contributed by atoms with Crippen molar-refractivity contribution in [1.29, 1.82) is 0 Å². The first kappa shape index (κ1) is 7.78. The van der Waals surface area contributed by atoms with Crippen LogP contribution in [0.5, 0.6) is 0 Å². The van der Waals surface area contributed by atoms with Gasteiger partial charge in [0, 0.05) is 18.9 Å². The monoisotopic (exact) mass is 154 g/mol. The molecule has 1 atom stereocenters. The number of hydrogen-bond acceptors (Lipinski definition) is 2. The Hall–Kier alpha value is -1.32. The van der Waals surface area contributed by atoms with E-state index in [2.05, 4.69) is 4.98 Å². The van der Waals surface area contributed by atoms with Crippen LogP contribution >= 0.6 is 0 Å². The molecule has 1 aromatic heterocycles. The van der Waals surface area contributed by atoms with Crippen molar-refractivity contribution >= 4 is 5.97 Å². The third-order valence-electron chi connectivity index (χ3n) is 1.47. The van der Waals surface area contributed by atoms with Gasteiger partial charge in [-0.3, -0.25) is 4.79 Å². The van der Waals surface area contributed by atoms with Crippen LogP contribution in [0.3, 0.4) is 0 Å². The van der Waals surface area contributed by atoms with Gasteiger partial charge < -0.3 is 9.67 Å². The van der Waals surface area contributed by atoms with Gasteiger partial charge in [0.15, 0.2) is 0 Å². The van der Waals surface area contributed by atoms with Crippen LogP contribution in [0.2, 0.25) is 0 Å². The lowest BCUT2D eigenvalue weighted by molar-refractivity contribution is -0.141. The SMILES string of the molecule is C[C@@H](Cn1ccnc1)C(=O)O. The van der Waals surface area contributed by atoms with E-state index in [0.717, 1.165) is 0 Å². The average molecular weight is 154 g/mol. The second-order valence-corrected chi connectivity index (χ2v) is 2.50. The van der Waals surface area contributed by atoms with Crippen LogP contribution in [0.4, 0.5) is 0 Å². The van der Waals surface area contributed by atoms with Crippen LogP contribution in [0.15, 0.2) is 18.7 Å². The molecule has 1 rings (SSSR count). The third kappa shape index (κ3) is 2.07. The van der Waals surface area contributed by atoms with Crippen molar-refractivity contribution < 1.29 is 9.90 Å². The Morgan fingerprint density at radius 3 is 3.00 bits per heavy atom. The average Bonchev–Trinajstić information content (AvgIpc) is 2.39. The molecule has 0 spiro atoms. The highest BCUT2D eigenvalue weighted by Crippen LogP contribution is 1.99. The number of aliphatic carboxylic acids is 1. The summed E-state index contributed by atoms with van der Waals surface area (Å²) in [5, 5.41) is 8.55. The maximum Gasteiger partial charge on any atom is 0.308 e. The van der Waals surface area contributed by atoms with Crippen molar-refractivity contribution in [3.63, 3.8) is 0 Å². The van der Waals surface area contributed by atoms with Gasteiger partial charge in [-0.25, -0.2) is 4.98 Å². The lowest BCUT2D eigenvalue weighted by atomic mass is 10.2. The van der Waals surface area contributed by atoms with E-state index in [-0.39, 0.29) is 5.92 Å². The quantitative estimate of drug-likeness (QED) is 0.693. The summed E-state index contributed by atoms with van der Waals surface area (Å²) in [6, 6.07) is 0. The van der Waals surface area contributed by atoms with E-state index in [9.17, 15) is 4.79 Å². The number of carboxylic acid groups (broad SMARTS) is 1. The number of rotatable bonds is 3. The minimum absolute atomic E-state index is 0.357. The molecule has 0 saturated heterocycles. The molecule has 0 aliphatic carbocycles. The maximum atomic E-state index is 10.4. The van der Waals surface area contributed by atoms with Crippen molar-refractivity contribution in [2.24, 2.45) is 5.92 Å². The fraction of sp³-hybridized carbons (Fsp3) is 0.429. The number of carboxylic acids is 1. The second-order valence-electron chi connectivity index (χ2n) is 2.50. The smallest absolute Gasteiger partial charge is 0.308 e. The molecule has 1 aromatic rings.